The third-order valence-corrected chi connectivity index (χ3v) is 3.31. The molecule has 0 radical (unpaired) electrons. The van der Waals surface area contributed by atoms with Gasteiger partial charge in [0, 0.05) is 23.2 Å². The molecule has 5 heteroatoms. The number of carbonyl (C=O) groups is 1. The lowest BCUT2D eigenvalue weighted by atomic mass is 10.2. The Morgan fingerprint density at radius 1 is 1.38 bits per heavy atom. The van der Waals surface area contributed by atoms with Crippen LogP contribution in [0.15, 0.2) is 22.7 Å². The normalized spacial score (nSPS) is 17.9. The summed E-state index contributed by atoms with van der Waals surface area (Å²) >= 11 is 3.44. The second-order valence-electron chi connectivity index (χ2n) is 3.99. The topological polar surface area (TPSA) is 49.6 Å². The zero-order chi connectivity index (χ0) is 11.7. The molecule has 1 saturated heterocycles. The SMILES string of the molecule is CN1CCN(c2ccc(N)cc2Br)C(=O)C1. The number of anilines is 2. The third kappa shape index (κ3) is 2.20. The van der Waals surface area contributed by atoms with Crippen LogP contribution >= 0.6 is 15.9 Å². The van der Waals surface area contributed by atoms with Gasteiger partial charge in [-0.2, -0.15) is 0 Å². The minimum Gasteiger partial charge on any atom is -0.399 e. The van der Waals surface area contributed by atoms with Gasteiger partial charge in [-0.1, -0.05) is 0 Å². The van der Waals surface area contributed by atoms with Crippen LogP contribution < -0.4 is 10.6 Å². The molecule has 1 aromatic rings. The fourth-order valence-electron chi connectivity index (χ4n) is 1.79. The van der Waals surface area contributed by atoms with Crippen molar-refractivity contribution in [1.82, 2.24) is 4.90 Å². The second-order valence-corrected chi connectivity index (χ2v) is 4.85. The highest BCUT2D eigenvalue weighted by Crippen LogP contribution is 2.29. The number of carbonyl (C=O) groups excluding carboxylic acids is 1. The van der Waals surface area contributed by atoms with Crippen LogP contribution in [0.1, 0.15) is 0 Å². The van der Waals surface area contributed by atoms with E-state index in [4.69, 9.17) is 5.73 Å². The van der Waals surface area contributed by atoms with E-state index >= 15 is 0 Å². The maximum absolute atomic E-state index is 11.9. The molecule has 2 rings (SSSR count). The van der Waals surface area contributed by atoms with Gasteiger partial charge < -0.3 is 10.6 Å². The van der Waals surface area contributed by atoms with Gasteiger partial charge >= 0.3 is 0 Å². The van der Waals surface area contributed by atoms with Crippen LogP contribution in [0, 0.1) is 0 Å². The average Bonchev–Trinajstić information content (AvgIpc) is 2.19. The third-order valence-electron chi connectivity index (χ3n) is 2.67. The number of halogens is 1. The first-order valence-electron chi connectivity index (χ1n) is 5.12. The van der Waals surface area contributed by atoms with E-state index in [2.05, 4.69) is 15.9 Å². The van der Waals surface area contributed by atoms with E-state index in [1.807, 2.05) is 30.1 Å². The average molecular weight is 284 g/mol. The first kappa shape index (κ1) is 11.4. The summed E-state index contributed by atoms with van der Waals surface area (Å²) in [6.07, 6.45) is 0. The lowest BCUT2D eigenvalue weighted by Crippen LogP contribution is -2.49. The molecule has 0 saturated carbocycles. The Kier molecular flexibility index (Phi) is 3.16. The fourth-order valence-corrected chi connectivity index (χ4v) is 2.40. The summed E-state index contributed by atoms with van der Waals surface area (Å²) in [6, 6.07) is 5.51. The monoisotopic (exact) mass is 283 g/mol. The van der Waals surface area contributed by atoms with Crippen LogP contribution in [0.25, 0.3) is 0 Å². The van der Waals surface area contributed by atoms with E-state index < -0.39 is 0 Å². The summed E-state index contributed by atoms with van der Waals surface area (Å²) < 4.78 is 0.866. The van der Waals surface area contributed by atoms with Gasteiger partial charge in [-0.3, -0.25) is 9.69 Å². The summed E-state index contributed by atoms with van der Waals surface area (Å²) in [5, 5.41) is 0. The van der Waals surface area contributed by atoms with Crippen LogP contribution in [-0.2, 0) is 4.79 Å². The van der Waals surface area contributed by atoms with Crippen molar-refractivity contribution in [3.05, 3.63) is 22.7 Å². The van der Waals surface area contributed by atoms with Gasteiger partial charge in [0.05, 0.1) is 12.2 Å². The first-order valence-corrected chi connectivity index (χ1v) is 5.91. The van der Waals surface area contributed by atoms with E-state index in [0.717, 1.165) is 23.2 Å². The van der Waals surface area contributed by atoms with E-state index in [9.17, 15) is 4.79 Å². The molecule has 1 heterocycles. The zero-order valence-electron chi connectivity index (χ0n) is 9.11. The maximum atomic E-state index is 11.9. The van der Waals surface area contributed by atoms with Crippen molar-refractivity contribution < 1.29 is 4.79 Å². The van der Waals surface area contributed by atoms with Gasteiger partial charge in [-0.05, 0) is 41.2 Å². The molecule has 0 aliphatic carbocycles. The number of hydrogen-bond donors (Lipinski definition) is 1. The molecule has 0 bridgehead atoms. The summed E-state index contributed by atoms with van der Waals surface area (Å²) in [4.78, 5) is 15.7. The van der Waals surface area contributed by atoms with Gasteiger partial charge in [0.25, 0.3) is 0 Å². The van der Waals surface area contributed by atoms with Crippen LogP contribution in [0.3, 0.4) is 0 Å². The quantitative estimate of drug-likeness (QED) is 0.791. The van der Waals surface area contributed by atoms with Crippen molar-refractivity contribution in [3.8, 4) is 0 Å². The molecular formula is C11H14BrN3O. The van der Waals surface area contributed by atoms with Crippen LogP contribution in [0.5, 0.6) is 0 Å². The number of nitrogen functional groups attached to an aromatic ring is 1. The predicted molar refractivity (Wildman–Crippen MR) is 68.4 cm³/mol. The van der Waals surface area contributed by atoms with Gasteiger partial charge in [0.15, 0.2) is 0 Å². The molecule has 1 aliphatic heterocycles. The molecule has 1 aromatic carbocycles. The second kappa shape index (κ2) is 4.43. The number of amides is 1. The lowest BCUT2D eigenvalue weighted by molar-refractivity contribution is -0.120. The van der Waals surface area contributed by atoms with E-state index in [1.165, 1.54) is 0 Å². The molecule has 0 atom stereocenters. The molecule has 0 spiro atoms. The van der Waals surface area contributed by atoms with E-state index in [0.29, 0.717) is 12.2 Å². The van der Waals surface area contributed by atoms with Crippen molar-refractivity contribution in [2.45, 2.75) is 0 Å². The summed E-state index contributed by atoms with van der Waals surface area (Å²) in [6.45, 7) is 2.08. The molecule has 0 aromatic heterocycles. The number of hydrogen-bond acceptors (Lipinski definition) is 3. The molecular weight excluding hydrogens is 270 g/mol. The van der Waals surface area contributed by atoms with Gasteiger partial charge in [-0.15, -0.1) is 0 Å². The molecule has 1 fully saturated rings. The van der Waals surface area contributed by atoms with Crippen molar-refractivity contribution in [1.29, 1.82) is 0 Å². The summed E-state index contributed by atoms with van der Waals surface area (Å²) in [7, 11) is 1.95. The minimum atomic E-state index is 0.124. The Balaban J connectivity index is 2.27. The molecule has 86 valence electrons. The largest absolute Gasteiger partial charge is 0.399 e. The maximum Gasteiger partial charge on any atom is 0.241 e. The van der Waals surface area contributed by atoms with Crippen molar-refractivity contribution in [3.63, 3.8) is 0 Å². The zero-order valence-corrected chi connectivity index (χ0v) is 10.7. The van der Waals surface area contributed by atoms with Crippen LogP contribution in [-0.4, -0.2) is 37.5 Å². The lowest BCUT2D eigenvalue weighted by Gasteiger charge is -2.32. The van der Waals surface area contributed by atoms with Crippen molar-refractivity contribution >= 4 is 33.2 Å². The highest BCUT2D eigenvalue weighted by molar-refractivity contribution is 9.10. The summed E-state index contributed by atoms with van der Waals surface area (Å²) in [5.41, 5.74) is 7.26. The smallest absolute Gasteiger partial charge is 0.241 e. The molecule has 2 N–H and O–H groups in total. The highest BCUT2D eigenvalue weighted by atomic mass is 79.9. The Morgan fingerprint density at radius 2 is 2.12 bits per heavy atom. The molecule has 16 heavy (non-hydrogen) atoms. The van der Waals surface area contributed by atoms with Crippen molar-refractivity contribution in [2.24, 2.45) is 0 Å². The van der Waals surface area contributed by atoms with E-state index in [-0.39, 0.29) is 5.91 Å². The molecule has 4 nitrogen and oxygen atoms in total. The molecule has 0 unspecified atom stereocenters. The fraction of sp³-hybridized carbons (Fsp3) is 0.364. The Morgan fingerprint density at radius 3 is 2.75 bits per heavy atom. The number of benzene rings is 1. The Labute approximate surface area is 103 Å². The summed E-state index contributed by atoms with van der Waals surface area (Å²) in [5.74, 6) is 0.124. The molecule has 1 aliphatic rings. The van der Waals surface area contributed by atoms with Crippen molar-refractivity contribution in [2.75, 3.05) is 37.3 Å². The van der Waals surface area contributed by atoms with Crippen LogP contribution in [0.2, 0.25) is 0 Å². The number of likely N-dealkylation sites (N-methyl/N-ethyl adjacent to an activating group) is 1. The molecule has 1 amide bonds. The van der Waals surface area contributed by atoms with Crippen LogP contribution in [0.4, 0.5) is 11.4 Å². The number of nitrogens with two attached hydrogens (primary N) is 1. The Hall–Kier alpha value is -1.07. The van der Waals surface area contributed by atoms with Gasteiger partial charge in [0.1, 0.15) is 0 Å². The van der Waals surface area contributed by atoms with E-state index in [1.54, 1.807) is 4.90 Å². The highest BCUT2D eigenvalue weighted by Gasteiger charge is 2.24. The number of piperazine rings is 1. The van der Waals surface area contributed by atoms with Gasteiger partial charge in [0.2, 0.25) is 5.91 Å². The predicted octanol–water partition coefficient (Wildman–Crippen LogP) is 1.31. The minimum absolute atomic E-state index is 0.124. The number of nitrogens with zero attached hydrogens (tertiary/aromatic N) is 2. The number of rotatable bonds is 1. The van der Waals surface area contributed by atoms with Gasteiger partial charge in [-0.25, -0.2) is 0 Å². The standard InChI is InChI=1S/C11H14BrN3O/c1-14-4-5-15(11(16)7-14)10-3-2-8(13)6-9(10)12/h2-3,6H,4-5,7,13H2,1H3. The Bertz CT molecular complexity index is 422. The first-order chi connectivity index (χ1) is 7.58.